The van der Waals surface area contributed by atoms with Crippen LogP contribution in [0, 0.1) is 11.8 Å². The molecule has 1 aliphatic heterocycles. The second-order valence-corrected chi connectivity index (χ2v) is 13.3. The number of rotatable bonds is 7. The van der Waals surface area contributed by atoms with Gasteiger partial charge in [-0.15, -0.1) is 0 Å². The summed E-state index contributed by atoms with van der Waals surface area (Å²) in [6.45, 7) is 3.89. The van der Waals surface area contributed by atoms with Crippen molar-refractivity contribution in [1.82, 2.24) is 10.1 Å². The lowest BCUT2D eigenvalue weighted by molar-refractivity contribution is -0.0431. The van der Waals surface area contributed by atoms with Crippen molar-refractivity contribution in [1.29, 1.82) is 0 Å². The standard InChI is InChI=1S/C31H31Cl2N3O3S/c1-17(37)19-11-12-25-26(13-19)40-31(34-25)36-14-20-5-2-3-6-21(15-36)29(20)38-16-22-28(35-39-30(22)18-9-10-18)27-23(32)7-4-8-24(27)33/h4,7-8,11-13,18,20-21,29H,2-3,5-6,9-10,14-16H2,1H3. The average Bonchev–Trinajstić information content (AvgIpc) is 3.58. The van der Waals surface area contributed by atoms with Gasteiger partial charge in [-0.1, -0.05) is 58.6 Å². The van der Waals surface area contributed by atoms with Gasteiger partial charge in [-0.25, -0.2) is 4.98 Å². The molecule has 9 heteroatoms. The number of anilines is 1. The summed E-state index contributed by atoms with van der Waals surface area (Å²) in [6, 6.07) is 11.3. The van der Waals surface area contributed by atoms with E-state index in [0.717, 1.165) is 76.6 Å². The van der Waals surface area contributed by atoms with E-state index in [2.05, 4.69) is 10.1 Å². The number of halogens is 2. The van der Waals surface area contributed by atoms with Crippen LogP contribution in [0.15, 0.2) is 40.9 Å². The third kappa shape index (κ3) is 4.95. The number of fused-ring (bicyclic) bond motifs is 3. The van der Waals surface area contributed by atoms with Crippen LogP contribution in [0.25, 0.3) is 21.5 Å². The molecule has 3 fully saturated rings. The minimum atomic E-state index is 0.0819. The zero-order valence-electron chi connectivity index (χ0n) is 22.4. The van der Waals surface area contributed by atoms with E-state index < -0.39 is 0 Å². The zero-order valence-corrected chi connectivity index (χ0v) is 24.7. The summed E-state index contributed by atoms with van der Waals surface area (Å²) in [5.74, 6) is 2.23. The van der Waals surface area contributed by atoms with Gasteiger partial charge in [0.15, 0.2) is 10.9 Å². The predicted octanol–water partition coefficient (Wildman–Crippen LogP) is 8.55. The highest BCUT2D eigenvalue weighted by molar-refractivity contribution is 7.22. The van der Waals surface area contributed by atoms with Crippen LogP contribution in [-0.2, 0) is 11.3 Å². The molecule has 0 radical (unpaired) electrons. The van der Waals surface area contributed by atoms with Crippen molar-refractivity contribution in [2.24, 2.45) is 11.8 Å². The first-order valence-electron chi connectivity index (χ1n) is 14.2. The van der Waals surface area contributed by atoms with E-state index in [1.807, 2.05) is 36.4 Å². The third-order valence-electron chi connectivity index (χ3n) is 8.68. The first kappa shape index (κ1) is 26.4. The summed E-state index contributed by atoms with van der Waals surface area (Å²) in [7, 11) is 0. The van der Waals surface area contributed by atoms with Crippen LogP contribution in [0.4, 0.5) is 5.13 Å². The molecule has 7 rings (SSSR count). The number of nitrogens with zero attached hydrogens (tertiary/aromatic N) is 3. The lowest BCUT2D eigenvalue weighted by Gasteiger charge is -2.42. The highest BCUT2D eigenvalue weighted by Crippen LogP contribution is 2.47. The van der Waals surface area contributed by atoms with Crippen molar-refractivity contribution >= 4 is 55.7 Å². The third-order valence-corrected chi connectivity index (χ3v) is 10.4. The molecule has 1 saturated heterocycles. The summed E-state index contributed by atoms with van der Waals surface area (Å²) in [4.78, 5) is 19.3. The Morgan fingerprint density at radius 2 is 1.80 bits per heavy atom. The fourth-order valence-corrected chi connectivity index (χ4v) is 8.08. The van der Waals surface area contributed by atoms with Gasteiger partial charge in [0, 0.05) is 47.5 Å². The minimum absolute atomic E-state index is 0.0819. The van der Waals surface area contributed by atoms with Gasteiger partial charge >= 0.3 is 0 Å². The molecule has 0 amide bonds. The Morgan fingerprint density at radius 3 is 2.48 bits per heavy atom. The van der Waals surface area contributed by atoms with Crippen LogP contribution in [0.1, 0.15) is 73.0 Å². The number of hydrogen-bond acceptors (Lipinski definition) is 7. The Morgan fingerprint density at radius 1 is 1.07 bits per heavy atom. The zero-order chi connectivity index (χ0) is 27.4. The topological polar surface area (TPSA) is 68.5 Å². The van der Waals surface area contributed by atoms with E-state index in [1.165, 1.54) is 12.8 Å². The second-order valence-electron chi connectivity index (χ2n) is 11.5. The number of ketones is 1. The fourth-order valence-electron chi connectivity index (χ4n) is 6.48. The van der Waals surface area contributed by atoms with Crippen LogP contribution in [-0.4, -0.2) is 35.1 Å². The van der Waals surface area contributed by atoms with Crippen LogP contribution < -0.4 is 4.90 Å². The quantitative estimate of drug-likeness (QED) is 0.199. The Kier molecular flexibility index (Phi) is 7.11. The van der Waals surface area contributed by atoms with E-state index in [4.69, 9.17) is 37.4 Å². The number of piperidine rings is 1. The number of aromatic nitrogens is 2. The number of thiazole rings is 1. The van der Waals surface area contributed by atoms with Gasteiger partial charge in [0.05, 0.1) is 33.0 Å². The average molecular weight is 597 g/mol. The molecule has 40 heavy (non-hydrogen) atoms. The maximum atomic E-state index is 11.9. The molecule has 208 valence electrons. The Labute approximate surface area is 247 Å². The van der Waals surface area contributed by atoms with Crippen molar-refractivity contribution in [3.8, 4) is 11.3 Å². The number of Topliss-reactive ketones (excluding diaryl/α,β-unsaturated/α-hetero) is 1. The molecule has 0 N–H and O–H groups in total. The van der Waals surface area contributed by atoms with E-state index in [1.54, 1.807) is 18.3 Å². The Hall–Kier alpha value is -2.45. The van der Waals surface area contributed by atoms with Crippen LogP contribution in [0.2, 0.25) is 10.0 Å². The minimum Gasteiger partial charge on any atom is -0.373 e. The van der Waals surface area contributed by atoms with E-state index in [0.29, 0.717) is 40.1 Å². The molecule has 6 nitrogen and oxygen atoms in total. The number of benzene rings is 2. The van der Waals surface area contributed by atoms with Gasteiger partial charge in [0.1, 0.15) is 11.5 Å². The van der Waals surface area contributed by atoms with Crippen LogP contribution in [0.3, 0.4) is 0 Å². The monoisotopic (exact) mass is 595 g/mol. The lowest BCUT2D eigenvalue weighted by Crippen LogP contribution is -2.49. The van der Waals surface area contributed by atoms with E-state index in [9.17, 15) is 4.79 Å². The molecule has 2 aromatic carbocycles. The summed E-state index contributed by atoms with van der Waals surface area (Å²) in [6.07, 6.45) is 7.10. The van der Waals surface area contributed by atoms with Crippen molar-refractivity contribution in [3.63, 3.8) is 0 Å². The van der Waals surface area contributed by atoms with E-state index in [-0.39, 0.29) is 11.9 Å². The van der Waals surface area contributed by atoms with Gasteiger partial charge in [-0.2, -0.15) is 0 Å². The molecule has 2 aliphatic carbocycles. The van der Waals surface area contributed by atoms with Gasteiger partial charge in [0.25, 0.3) is 0 Å². The molecule has 2 atom stereocenters. The maximum absolute atomic E-state index is 11.9. The number of carbonyl (C=O) groups is 1. The normalized spacial score (nSPS) is 23.0. The fraction of sp³-hybridized carbons (Fsp3) is 0.452. The van der Waals surface area contributed by atoms with Gasteiger partial charge in [-0.3, -0.25) is 4.79 Å². The summed E-state index contributed by atoms with van der Waals surface area (Å²) in [5.41, 5.74) is 4.11. The van der Waals surface area contributed by atoms with Gasteiger partial charge < -0.3 is 14.2 Å². The molecule has 2 bridgehead atoms. The van der Waals surface area contributed by atoms with Crippen LogP contribution >= 0.6 is 34.5 Å². The number of hydrogen-bond donors (Lipinski definition) is 0. The molecule has 4 aromatic rings. The molecular formula is C31H31Cl2N3O3S. The summed E-state index contributed by atoms with van der Waals surface area (Å²) in [5, 5.41) is 6.63. The molecule has 2 unspecified atom stereocenters. The molecule has 3 aliphatic rings. The largest absolute Gasteiger partial charge is 0.373 e. The van der Waals surface area contributed by atoms with Crippen molar-refractivity contribution in [2.75, 3.05) is 18.0 Å². The predicted molar refractivity (Wildman–Crippen MR) is 160 cm³/mol. The first-order chi connectivity index (χ1) is 19.5. The SMILES string of the molecule is CC(=O)c1ccc2nc(N3CC4CCCCC(C3)C4OCc3c(-c4c(Cl)cccc4Cl)noc3C3CC3)sc2c1. The molecule has 0 spiro atoms. The molecule has 3 heterocycles. The summed E-state index contributed by atoms with van der Waals surface area (Å²) < 4.78 is 13.8. The van der Waals surface area contributed by atoms with Crippen molar-refractivity contribution in [2.45, 2.75) is 64.1 Å². The van der Waals surface area contributed by atoms with Crippen molar-refractivity contribution < 1.29 is 14.1 Å². The molecule has 2 saturated carbocycles. The van der Waals surface area contributed by atoms with E-state index >= 15 is 0 Å². The van der Waals surface area contributed by atoms with Crippen molar-refractivity contribution in [3.05, 3.63) is 63.3 Å². The maximum Gasteiger partial charge on any atom is 0.186 e. The van der Waals surface area contributed by atoms with Gasteiger partial charge in [0.2, 0.25) is 0 Å². The highest BCUT2D eigenvalue weighted by atomic mass is 35.5. The Bertz CT molecular complexity index is 1540. The highest BCUT2D eigenvalue weighted by Gasteiger charge is 2.41. The number of ether oxygens (including phenoxy) is 1. The van der Waals surface area contributed by atoms with Crippen LogP contribution in [0.5, 0.6) is 0 Å². The second kappa shape index (κ2) is 10.8. The molecular weight excluding hydrogens is 565 g/mol. The first-order valence-corrected chi connectivity index (χ1v) is 15.7. The lowest BCUT2D eigenvalue weighted by atomic mass is 9.85. The number of carbonyl (C=O) groups excluding carboxylic acids is 1. The van der Waals surface area contributed by atoms with Gasteiger partial charge in [-0.05, 0) is 62.9 Å². The Balaban J connectivity index is 1.14. The summed E-state index contributed by atoms with van der Waals surface area (Å²) >= 11 is 14.8. The molecule has 2 aromatic heterocycles. The smallest absolute Gasteiger partial charge is 0.186 e.